The van der Waals surface area contributed by atoms with Crippen molar-refractivity contribution in [1.29, 1.82) is 0 Å². The number of fused-ring (bicyclic) bond motifs is 1. The van der Waals surface area contributed by atoms with E-state index in [1.165, 1.54) is 23.3 Å². The zero-order chi connectivity index (χ0) is 14.1. The zero-order valence-corrected chi connectivity index (χ0v) is 11.7. The summed E-state index contributed by atoms with van der Waals surface area (Å²) in [5, 5.41) is 0.326. The van der Waals surface area contributed by atoms with Crippen LogP contribution >= 0.6 is 11.6 Å². The van der Waals surface area contributed by atoms with Crippen molar-refractivity contribution in [1.82, 2.24) is 0 Å². The summed E-state index contributed by atoms with van der Waals surface area (Å²) in [5.74, 6) is 0.107. The van der Waals surface area contributed by atoms with Gasteiger partial charge in [-0.1, -0.05) is 41.9 Å². The lowest BCUT2D eigenvalue weighted by Crippen LogP contribution is -2.20. The average Bonchev–Trinajstić information content (AvgIpc) is 2.39. The summed E-state index contributed by atoms with van der Waals surface area (Å²) < 4.78 is 13.0. The fraction of sp³-hybridized carbons (Fsp3) is 0.235. The van der Waals surface area contributed by atoms with E-state index < -0.39 is 0 Å². The van der Waals surface area contributed by atoms with Crippen molar-refractivity contribution in [2.24, 2.45) is 0 Å². The van der Waals surface area contributed by atoms with Gasteiger partial charge < -0.3 is 0 Å². The number of carbonyl (C=O) groups excluding carboxylic acids is 1. The highest BCUT2D eigenvalue weighted by Crippen LogP contribution is 2.37. The lowest BCUT2D eigenvalue weighted by Gasteiger charge is -2.29. The quantitative estimate of drug-likeness (QED) is 0.819. The number of benzene rings is 2. The Labute approximate surface area is 122 Å². The highest BCUT2D eigenvalue weighted by Gasteiger charge is 2.27. The molecule has 0 aliphatic heterocycles. The SMILES string of the molecule is O=C(Cc1ccc(F)cc1Cl)CC1Cc2ccccc21. The third-order valence-corrected chi connectivity index (χ3v) is 4.19. The van der Waals surface area contributed by atoms with Crippen molar-refractivity contribution in [3.8, 4) is 0 Å². The van der Waals surface area contributed by atoms with Crippen LogP contribution in [0.1, 0.15) is 29.0 Å². The molecule has 0 saturated heterocycles. The van der Waals surface area contributed by atoms with Crippen LogP contribution in [0.4, 0.5) is 4.39 Å². The Balaban J connectivity index is 1.64. The second-order valence-electron chi connectivity index (χ2n) is 5.26. The van der Waals surface area contributed by atoms with Crippen LogP contribution in [0.25, 0.3) is 0 Å². The summed E-state index contributed by atoms with van der Waals surface area (Å²) in [4.78, 5) is 12.1. The first-order chi connectivity index (χ1) is 9.63. The summed E-state index contributed by atoms with van der Waals surface area (Å²) in [6, 6.07) is 12.4. The van der Waals surface area contributed by atoms with Gasteiger partial charge in [-0.05, 0) is 41.2 Å². The molecule has 2 aromatic rings. The summed E-state index contributed by atoms with van der Waals surface area (Å²) in [6.07, 6.45) is 1.78. The van der Waals surface area contributed by atoms with Crippen LogP contribution in [0.2, 0.25) is 5.02 Å². The first-order valence-corrected chi connectivity index (χ1v) is 7.04. The fourth-order valence-corrected chi connectivity index (χ4v) is 3.00. The van der Waals surface area contributed by atoms with Crippen molar-refractivity contribution in [3.63, 3.8) is 0 Å². The Morgan fingerprint density at radius 1 is 1.25 bits per heavy atom. The van der Waals surface area contributed by atoms with E-state index >= 15 is 0 Å². The highest BCUT2D eigenvalue weighted by molar-refractivity contribution is 6.31. The van der Waals surface area contributed by atoms with Crippen LogP contribution in [-0.2, 0) is 17.6 Å². The molecule has 20 heavy (non-hydrogen) atoms. The topological polar surface area (TPSA) is 17.1 Å². The largest absolute Gasteiger partial charge is 0.299 e. The number of carbonyl (C=O) groups is 1. The van der Waals surface area contributed by atoms with E-state index in [0.29, 0.717) is 22.9 Å². The number of halogens is 2. The molecule has 0 spiro atoms. The first kappa shape index (κ1) is 13.3. The fourth-order valence-electron chi connectivity index (χ4n) is 2.77. The van der Waals surface area contributed by atoms with Gasteiger partial charge in [-0.25, -0.2) is 4.39 Å². The molecule has 1 aliphatic rings. The van der Waals surface area contributed by atoms with Crippen LogP contribution in [0.5, 0.6) is 0 Å². The van der Waals surface area contributed by atoms with Crippen molar-refractivity contribution >= 4 is 17.4 Å². The zero-order valence-electron chi connectivity index (χ0n) is 10.9. The second-order valence-corrected chi connectivity index (χ2v) is 5.66. The van der Waals surface area contributed by atoms with Gasteiger partial charge in [-0.3, -0.25) is 4.79 Å². The van der Waals surface area contributed by atoms with E-state index in [2.05, 4.69) is 12.1 Å². The molecule has 0 heterocycles. The van der Waals surface area contributed by atoms with Crippen LogP contribution in [0.15, 0.2) is 42.5 Å². The van der Waals surface area contributed by atoms with E-state index in [-0.39, 0.29) is 18.0 Å². The Morgan fingerprint density at radius 2 is 2.05 bits per heavy atom. The lowest BCUT2D eigenvalue weighted by molar-refractivity contribution is -0.118. The maximum Gasteiger partial charge on any atom is 0.137 e. The summed E-state index contributed by atoms with van der Waals surface area (Å²) >= 11 is 5.95. The van der Waals surface area contributed by atoms with Crippen molar-refractivity contribution in [2.75, 3.05) is 0 Å². The van der Waals surface area contributed by atoms with Crippen LogP contribution in [0.3, 0.4) is 0 Å². The first-order valence-electron chi connectivity index (χ1n) is 6.67. The monoisotopic (exact) mass is 288 g/mol. The van der Waals surface area contributed by atoms with Gasteiger partial charge in [0.25, 0.3) is 0 Å². The molecule has 1 unspecified atom stereocenters. The Kier molecular flexibility index (Phi) is 3.58. The molecule has 0 fully saturated rings. The normalized spacial score (nSPS) is 16.4. The number of rotatable bonds is 4. The molecule has 0 aromatic heterocycles. The number of hydrogen-bond acceptors (Lipinski definition) is 1. The molecule has 102 valence electrons. The maximum absolute atomic E-state index is 13.0. The predicted molar refractivity (Wildman–Crippen MR) is 77.6 cm³/mol. The van der Waals surface area contributed by atoms with E-state index in [1.807, 2.05) is 12.1 Å². The van der Waals surface area contributed by atoms with Gasteiger partial charge >= 0.3 is 0 Å². The minimum atomic E-state index is -0.376. The maximum atomic E-state index is 13.0. The van der Waals surface area contributed by atoms with Crippen molar-refractivity contribution < 1.29 is 9.18 Å². The third kappa shape index (κ3) is 2.61. The molecule has 0 bridgehead atoms. The molecule has 0 amide bonds. The lowest BCUT2D eigenvalue weighted by atomic mass is 9.75. The molecule has 1 aliphatic carbocycles. The van der Waals surface area contributed by atoms with E-state index in [4.69, 9.17) is 11.6 Å². The summed E-state index contributed by atoms with van der Waals surface area (Å²) in [5.41, 5.74) is 3.32. The van der Waals surface area contributed by atoms with Gasteiger partial charge in [0.15, 0.2) is 0 Å². The van der Waals surface area contributed by atoms with Gasteiger partial charge in [0, 0.05) is 17.9 Å². The van der Waals surface area contributed by atoms with E-state index in [1.54, 1.807) is 6.07 Å². The van der Waals surface area contributed by atoms with E-state index in [9.17, 15) is 9.18 Å². The smallest absolute Gasteiger partial charge is 0.137 e. The molecule has 0 N–H and O–H groups in total. The predicted octanol–water partition coefficient (Wildman–Crippen LogP) is 4.32. The Hall–Kier alpha value is -1.67. The minimum absolute atomic E-state index is 0.151. The average molecular weight is 289 g/mol. The molecule has 0 radical (unpaired) electrons. The Morgan fingerprint density at radius 3 is 2.80 bits per heavy atom. The molecule has 1 atom stereocenters. The third-order valence-electron chi connectivity index (χ3n) is 3.84. The molecule has 3 heteroatoms. The van der Waals surface area contributed by atoms with E-state index in [0.717, 1.165) is 6.42 Å². The standard InChI is InChI=1S/C17H14ClFO/c18-17-10-14(19)6-5-12(17)8-15(20)9-13-7-11-3-1-2-4-16(11)13/h1-6,10,13H,7-9H2. The van der Waals surface area contributed by atoms with Gasteiger partial charge in [0.05, 0.1) is 0 Å². The highest BCUT2D eigenvalue weighted by atomic mass is 35.5. The van der Waals surface area contributed by atoms with Crippen LogP contribution < -0.4 is 0 Å². The molecule has 0 saturated carbocycles. The Bertz CT molecular complexity index is 666. The number of Topliss-reactive ketones (excluding diaryl/α,β-unsaturated/α-hetero) is 1. The summed E-state index contributed by atoms with van der Waals surface area (Å²) in [7, 11) is 0. The molecular weight excluding hydrogens is 275 g/mol. The van der Waals surface area contributed by atoms with Gasteiger partial charge in [0.2, 0.25) is 0 Å². The second kappa shape index (κ2) is 5.37. The molecular formula is C17H14ClFO. The minimum Gasteiger partial charge on any atom is -0.299 e. The van der Waals surface area contributed by atoms with Gasteiger partial charge in [-0.2, -0.15) is 0 Å². The van der Waals surface area contributed by atoms with Crippen molar-refractivity contribution in [3.05, 3.63) is 70.0 Å². The van der Waals surface area contributed by atoms with Gasteiger partial charge in [0.1, 0.15) is 11.6 Å². The molecule has 1 nitrogen and oxygen atoms in total. The van der Waals surface area contributed by atoms with Gasteiger partial charge in [-0.15, -0.1) is 0 Å². The summed E-state index contributed by atoms with van der Waals surface area (Å²) in [6.45, 7) is 0. The van der Waals surface area contributed by atoms with Crippen LogP contribution in [0, 0.1) is 5.82 Å². The molecule has 3 rings (SSSR count). The van der Waals surface area contributed by atoms with Crippen LogP contribution in [-0.4, -0.2) is 5.78 Å². The molecule has 2 aromatic carbocycles. The number of hydrogen-bond donors (Lipinski definition) is 0. The van der Waals surface area contributed by atoms with Crippen molar-refractivity contribution in [2.45, 2.75) is 25.2 Å². The number of ketones is 1.